The Morgan fingerprint density at radius 1 is 1.00 bits per heavy atom. The molecule has 0 saturated carbocycles. The van der Waals surface area contributed by atoms with E-state index in [1.54, 1.807) is 0 Å². The summed E-state index contributed by atoms with van der Waals surface area (Å²) < 4.78 is 0. The first-order valence-electron chi connectivity index (χ1n) is 0.447. The van der Waals surface area contributed by atoms with E-state index in [1.165, 1.54) is 0 Å². The van der Waals surface area contributed by atoms with Gasteiger partial charge in [0, 0.05) is 0 Å². The Morgan fingerprint density at radius 2 is 1.00 bits per heavy atom. The van der Waals surface area contributed by atoms with E-state index in [9.17, 15) is 0 Å². The van der Waals surface area contributed by atoms with Crippen molar-refractivity contribution in [1.82, 2.24) is 0 Å². The predicted octanol–water partition coefficient (Wildman–Crippen LogP) is -1.98. The van der Waals surface area contributed by atoms with E-state index >= 15 is 0 Å². The molecular formula is H4O3SiTi. The van der Waals surface area contributed by atoms with Gasteiger partial charge in [0.15, 0.2) is 0 Å². The van der Waals surface area contributed by atoms with Gasteiger partial charge in [-0.15, -0.1) is 0 Å². The molecule has 0 aliphatic carbocycles. The van der Waals surface area contributed by atoms with Gasteiger partial charge in [0.25, 0.3) is 0 Å². The summed E-state index contributed by atoms with van der Waals surface area (Å²) >= 11 is 0. The van der Waals surface area contributed by atoms with Gasteiger partial charge in [-0.05, 0) is 0 Å². The van der Waals surface area contributed by atoms with Gasteiger partial charge in [-0.2, -0.15) is 0 Å². The first kappa shape index (κ1) is 41.0. The molecule has 0 bridgehead atoms. The van der Waals surface area contributed by atoms with Crippen LogP contribution in [0, 0.1) is 0 Å². The van der Waals surface area contributed by atoms with Crippen LogP contribution in [-0.2, 0) is 32.7 Å². The minimum atomic E-state index is 0. The summed E-state index contributed by atoms with van der Waals surface area (Å²) in [5.41, 5.74) is 0. The van der Waals surface area contributed by atoms with Crippen molar-refractivity contribution in [3.8, 4) is 0 Å². The molecule has 0 atom stereocenters. The fraction of sp³-hybridized carbons (Fsp3) is 0. The Morgan fingerprint density at radius 3 is 1.00 bits per heavy atom. The number of hydrogen-bond donors (Lipinski definition) is 1. The zero-order valence-electron chi connectivity index (χ0n) is 2.76. The molecule has 0 amide bonds. The zero-order valence-corrected chi connectivity index (χ0v) is 6.33. The normalized spacial score (nSPS) is 1.80. The summed E-state index contributed by atoms with van der Waals surface area (Å²) in [5, 5.41) is 0. The minimum Gasteiger partial charge on any atom is -2.00 e. The van der Waals surface area contributed by atoms with Crippen LogP contribution in [-0.4, -0.2) is 15.3 Å². The van der Waals surface area contributed by atoms with Crippen LogP contribution in [0.5, 0.6) is 0 Å². The van der Waals surface area contributed by atoms with E-state index in [1.807, 2.05) is 0 Å². The monoisotopic (exact) mass is 128 g/mol. The maximum Gasteiger partial charge on any atom is 4.00 e. The van der Waals surface area contributed by atoms with E-state index in [0.717, 1.165) is 0 Å². The second-order valence-corrected chi connectivity index (χ2v) is 0. The first-order valence-corrected chi connectivity index (χ1v) is 1.34. The number of hydrogen-bond acceptors (Lipinski definition) is 1. The van der Waals surface area contributed by atoms with Crippen molar-refractivity contribution < 1.29 is 37.5 Å². The van der Waals surface area contributed by atoms with Crippen molar-refractivity contribution in [3.05, 3.63) is 0 Å². The molecular weight excluding hydrogens is 124 g/mol. The molecule has 0 spiro atoms. The average Bonchev–Trinajstić information content (AvgIpc) is 1.00. The molecule has 0 heterocycles. The molecule has 1 N–H and O–H groups in total. The summed E-state index contributed by atoms with van der Waals surface area (Å²) in [6.45, 7) is 0. The predicted molar refractivity (Wildman–Crippen MR) is 13.5 cm³/mol. The molecule has 0 fully saturated rings. The molecule has 5 heteroatoms. The second-order valence-electron chi connectivity index (χ2n) is 0. The van der Waals surface area contributed by atoms with Crippen LogP contribution in [0.25, 0.3) is 0 Å². The molecule has 0 aromatic rings. The van der Waals surface area contributed by atoms with Crippen molar-refractivity contribution in [2.75, 3.05) is 0 Å². The fourth-order valence-electron chi connectivity index (χ4n) is 0. The van der Waals surface area contributed by atoms with Gasteiger partial charge < -0.3 is 15.7 Å². The Hall–Kier alpha value is 0.811. The van der Waals surface area contributed by atoms with Crippen LogP contribution < -0.4 is 0 Å². The molecule has 0 saturated heterocycles. The molecule has 5 heavy (non-hydrogen) atoms. The second kappa shape index (κ2) is 106. The van der Waals surface area contributed by atoms with Gasteiger partial charge in [0.05, 0.1) is 0 Å². The molecule has 0 aromatic heterocycles. The van der Waals surface area contributed by atoms with Crippen LogP contribution in [0.15, 0.2) is 0 Å². The van der Waals surface area contributed by atoms with Gasteiger partial charge in [-0.1, -0.05) is 0 Å². The van der Waals surface area contributed by atoms with Crippen molar-refractivity contribution in [2.45, 2.75) is 0 Å². The molecule has 3 nitrogen and oxygen atoms in total. The van der Waals surface area contributed by atoms with Crippen LogP contribution in [0.3, 0.4) is 0 Å². The van der Waals surface area contributed by atoms with Crippen LogP contribution in [0.1, 0.15) is 0 Å². The molecule has 0 rings (SSSR count). The van der Waals surface area contributed by atoms with E-state index < -0.39 is 0 Å². The van der Waals surface area contributed by atoms with Crippen molar-refractivity contribution in [1.29, 1.82) is 0 Å². The molecule has 30 valence electrons. The maximum atomic E-state index is 7.14. The van der Waals surface area contributed by atoms with Crippen molar-refractivity contribution in [3.63, 3.8) is 0 Å². The molecule has 0 radical (unpaired) electrons. The standard InChI is InChI=1S/H4OSi.2O.Ti/c1-2;;;/h1H,2H3;;;/q;2*-2;+4. The smallest absolute Gasteiger partial charge is 2.00 e. The van der Waals surface area contributed by atoms with E-state index in [0.29, 0.717) is 10.5 Å². The van der Waals surface area contributed by atoms with Gasteiger partial charge in [-0.25, -0.2) is 0 Å². The summed E-state index contributed by atoms with van der Waals surface area (Å²) in [4.78, 5) is 7.14. The first-order chi connectivity index (χ1) is 1.00. The third kappa shape index (κ3) is 57.8. The molecule has 0 aliphatic heterocycles. The van der Waals surface area contributed by atoms with Gasteiger partial charge in [0.1, 0.15) is 10.5 Å². The Kier molecular flexibility index (Phi) is 871. The third-order valence-electron chi connectivity index (χ3n) is 0. The van der Waals surface area contributed by atoms with E-state index in [-0.39, 0.29) is 32.7 Å². The van der Waals surface area contributed by atoms with Gasteiger partial charge >= 0.3 is 21.7 Å². The van der Waals surface area contributed by atoms with E-state index in [2.05, 4.69) is 0 Å². The Balaban J connectivity index is -0.00000000167. The summed E-state index contributed by atoms with van der Waals surface area (Å²) in [7, 11) is 0.306. The zero-order chi connectivity index (χ0) is 2.00. The topological polar surface area (TPSA) is 77.2 Å². The maximum absolute atomic E-state index is 7.14. The molecule has 0 unspecified atom stereocenters. The quantitative estimate of drug-likeness (QED) is 0.377. The van der Waals surface area contributed by atoms with Crippen molar-refractivity contribution in [2.24, 2.45) is 0 Å². The summed E-state index contributed by atoms with van der Waals surface area (Å²) in [5.74, 6) is 0. The van der Waals surface area contributed by atoms with Crippen LogP contribution in [0.2, 0.25) is 0 Å². The van der Waals surface area contributed by atoms with Crippen molar-refractivity contribution >= 4 is 10.5 Å². The van der Waals surface area contributed by atoms with Crippen LogP contribution >= 0.6 is 0 Å². The Bertz CT molecular complexity index is 6.85. The summed E-state index contributed by atoms with van der Waals surface area (Å²) in [6, 6.07) is 0. The Labute approximate surface area is 48.4 Å². The number of rotatable bonds is 0. The SMILES string of the molecule is O[SiH3].[O-2].[O-2].[Ti+4]. The molecule has 0 aromatic carbocycles. The largest absolute Gasteiger partial charge is 4.00 e. The average molecular weight is 128 g/mol. The van der Waals surface area contributed by atoms with Crippen LogP contribution in [0.4, 0.5) is 0 Å². The molecule has 0 aliphatic rings. The van der Waals surface area contributed by atoms with Gasteiger partial charge in [0.2, 0.25) is 0 Å². The van der Waals surface area contributed by atoms with Gasteiger partial charge in [-0.3, -0.25) is 0 Å². The summed E-state index contributed by atoms with van der Waals surface area (Å²) in [6.07, 6.45) is 0. The fourth-order valence-corrected chi connectivity index (χ4v) is 0. The van der Waals surface area contributed by atoms with E-state index in [4.69, 9.17) is 4.80 Å². The third-order valence-corrected chi connectivity index (χ3v) is 0. The minimum absolute atomic E-state index is 0.